The van der Waals surface area contributed by atoms with E-state index in [0.717, 1.165) is 10.0 Å². The fraction of sp³-hybridized carbons (Fsp3) is 0.192. The van der Waals surface area contributed by atoms with E-state index in [1.165, 1.54) is 17.0 Å². The highest BCUT2D eigenvalue weighted by atomic mass is 79.9. The lowest BCUT2D eigenvalue weighted by Crippen LogP contribution is -2.22. The van der Waals surface area contributed by atoms with Gasteiger partial charge in [0.25, 0.3) is 5.56 Å². The molecule has 0 unspecified atom stereocenters. The molecule has 10 heteroatoms. The maximum atomic E-state index is 13.1. The first-order valence-corrected chi connectivity index (χ1v) is 12.1. The van der Waals surface area contributed by atoms with Crippen LogP contribution in [0.2, 0.25) is 0 Å². The van der Waals surface area contributed by atoms with Crippen LogP contribution >= 0.6 is 15.9 Å². The smallest absolute Gasteiger partial charge is 0.315 e. The first-order valence-electron chi connectivity index (χ1n) is 11.3. The number of nitrogens with zero attached hydrogens (tertiary/aromatic N) is 4. The molecule has 1 heterocycles. The van der Waals surface area contributed by atoms with Crippen molar-refractivity contribution in [1.82, 2.24) is 9.66 Å². The van der Waals surface area contributed by atoms with Gasteiger partial charge in [-0.15, -0.1) is 0 Å². The Labute approximate surface area is 215 Å². The van der Waals surface area contributed by atoms with Crippen LogP contribution in [0, 0.1) is 10.1 Å². The van der Waals surface area contributed by atoms with E-state index in [9.17, 15) is 14.9 Å². The van der Waals surface area contributed by atoms with Crippen LogP contribution in [0.5, 0.6) is 11.5 Å². The monoisotopic (exact) mass is 550 g/mol. The van der Waals surface area contributed by atoms with Crippen molar-refractivity contribution in [1.29, 1.82) is 0 Å². The fourth-order valence-corrected chi connectivity index (χ4v) is 3.98. The van der Waals surface area contributed by atoms with Crippen molar-refractivity contribution in [3.63, 3.8) is 0 Å². The first kappa shape index (κ1) is 25.1. The molecule has 0 bridgehead atoms. The van der Waals surface area contributed by atoms with Crippen LogP contribution in [0.3, 0.4) is 0 Å². The third-order valence-corrected chi connectivity index (χ3v) is 5.79. The fourth-order valence-electron chi connectivity index (χ4n) is 3.62. The number of rotatable bonds is 9. The summed E-state index contributed by atoms with van der Waals surface area (Å²) in [6.07, 6.45) is 1.84. The Hall–Kier alpha value is -4.05. The van der Waals surface area contributed by atoms with Gasteiger partial charge in [0.2, 0.25) is 5.75 Å². The molecule has 1 aromatic heterocycles. The zero-order chi connectivity index (χ0) is 25.7. The number of halogens is 1. The second-order valence-electron chi connectivity index (χ2n) is 7.74. The summed E-state index contributed by atoms with van der Waals surface area (Å²) in [7, 11) is 0. The van der Waals surface area contributed by atoms with Crippen molar-refractivity contribution in [3.05, 3.63) is 103 Å². The molecular formula is C26H23BrN4O5. The van der Waals surface area contributed by atoms with Gasteiger partial charge in [-0.2, -0.15) is 9.78 Å². The van der Waals surface area contributed by atoms with Crippen LogP contribution in [0.25, 0.3) is 10.9 Å². The van der Waals surface area contributed by atoms with E-state index in [1.807, 2.05) is 43.3 Å². The summed E-state index contributed by atoms with van der Waals surface area (Å²) in [5.74, 6) is 0.715. The highest BCUT2D eigenvalue weighted by Gasteiger charge is 2.23. The third kappa shape index (κ3) is 5.44. The van der Waals surface area contributed by atoms with Crippen LogP contribution in [0.4, 0.5) is 5.69 Å². The highest BCUT2D eigenvalue weighted by molar-refractivity contribution is 9.10. The van der Waals surface area contributed by atoms with Crippen molar-refractivity contribution in [2.75, 3.05) is 6.61 Å². The van der Waals surface area contributed by atoms with Gasteiger partial charge in [-0.25, -0.2) is 4.98 Å². The van der Waals surface area contributed by atoms with E-state index in [4.69, 9.17) is 9.47 Å². The largest absolute Gasteiger partial charge is 0.490 e. The number of ether oxygens (including phenoxy) is 2. The lowest BCUT2D eigenvalue weighted by Gasteiger charge is -2.13. The number of benzene rings is 3. The molecule has 0 spiro atoms. The lowest BCUT2D eigenvalue weighted by molar-refractivity contribution is -0.386. The van der Waals surface area contributed by atoms with Gasteiger partial charge in [0.1, 0.15) is 12.4 Å². The summed E-state index contributed by atoms with van der Waals surface area (Å²) in [6.45, 7) is 4.07. The molecule has 0 amide bonds. The van der Waals surface area contributed by atoms with Gasteiger partial charge in [0.15, 0.2) is 5.75 Å². The van der Waals surface area contributed by atoms with Crippen LogP contribution in [0.15, 0.2) is 75.0 Å². The maximum absolute atomic E-state index is 13.1. The molecule has 184 valence electrons. The average Bonchev–Trinajstić information content (AvgIpc) is 2.88. The molecule has 4 aromatic rings. The van der Waals surface area contributed by atoms with E-state index in [2.05, 4.69) is 26.0 Å². The van der Waals surface area contributed by atoms with Crippen LogP contribution < -0.4 is 15.0 Å². The maximum Gasteiger partial charge on any atom is 0.315 e. The predicted octanol–water partition coefficient (Wildman–Crippen LogP) is 5.49. The van der Waals surface area contributed by atoms with Crippen LogP contribution in [-0.2, 0) is 13.0 Å². The standard InChI is InChI=1S/C26H23BrN4O5/c1-3-24-29-21-11-10-19(27)14-20(21)26(32)30(24)28-15-18-12-22(31(33)34)25(23(13-18)35-4-2)36-16-17-8-6-5-7-9-17/h5-15H,3-4,16H2,1-2H3. The van der Waals surface area contributed by atoms with E-state index in [0.29, 0.717) is 28.7 Å². The minimum atomic E-state index is -0.529. The van der Waals surface area contributed by atoms with Crippen molar-refractivity contribution >= 4 is 38.7 Å². The van der Waals surface area contributed by atoms with Gasteiger partial charge in [-0.3, -0.25) is 14.9 Å². The van der Waals surface area contributed by atoms with Crippen molar-refractivity contribution in [3.8, 4) is 11.5 Å². The summed E-state index contributed by atoms with van der Waals surface area (Å²) in [5.41, 5.74) is 1.21. The summed E-state index contributed by atoms with van der Waals surface area (Å²) in [5, 5.41) is 16.6. The number of fused-ring (bicyclic) bond motifs is 1. The summed E-state index contributed by atoms with van der Waals surface area (Å²) in [6, 6.07) is 17.6. The molecular weight excluding hydrogens is 528 g/mol. The topological polar surface area (TPSA) is 109 Å². The van der Waals surface area contributed by atoms with E-state index >= 15 is 0 Å². The summed E-state index contributed by atoms with van der Waals surface area (Å²) < 4.78 is 13.4. The zero-order valence-corrected chi connectivity index (χ0v) is 21.3. The lowest BCUT2D eigenvalue weighted by atomic mass is 10.1. The third-order valence-electron chi connectivity index (χ3n) is 5.29. The Kier molecular flexibility index (Phi) is 7.74. The SMILES string of the molecule is CCOc1cc(C=Nn2c(CC)nc3ccc(Br)cc3c2=O)cc([N+](=O)[O-])c1OCc1ccccc1. The zero-order valence-electron chi connectivity index (χ0n) is 19.7. The van der Waals surface area contributed by atoms with Gasteiger partial charge in [0, 0.05) is 22.5 Å². The molecule has 36 heavy (non-hydrogen) atoms. The molecule has 0 aliphatic heterocycles. The molecule has 0 aliphatic rings. The normalized spacial score (nSPS) is 11.2. The number of aryl methyl sites for hydroxylation is 1. The van der Waals surface area contributed by atoms with Crippen molar-refractivity contribution < 1.29 is 14.4 Å². The number of nitro groups is 1. The molecule has 4 rings (SSSR count). The number of hydrogen-bond donors (Lipinski definition) is 0. The first-order chi connectivity index (χ1) is 17.4. The summed E-state index contributed by atoms with van der Waals surface area (Å²) >= 11 is 3.38. The average molecular weight is 551 g/mol. The molecule has 9 nitrogen and oxygen atoms in total. The van der Waals surface area contributed by atoms with Gasteiger partial charge in [-0.1, -0.05) is 53.2 Å². The molecule has 0 aliphatic carbocycles. The molecule has 0 radical (unpaired) electrons. The van der Waals surface area contributed by atoms with E-state index in [-0.39, 0.29) is 36.0 Å². The minimum absolute atomic E-state index is 0.0338. The molecule has 0 N–H and O–H groups in total. The van der Waals surface area contributed by atoms with E-state index in [1.54, 1.807) is 25.1 Å². The molecule has 0 atom stereocenters. The quantitative estimate of drug-likeness (QED) is 0.155. The Morgan fingerprint density at radius 2 is 1.89 bits per heavy atom. The molecule has 3 aromatic carbocycles. The van der Waals surface area contributed by atoms with Crippen molar-refractivity contribution in [2.24, 2.45) is 5.10 Å². The molecule has 0 saturated heterocycles. The number of nitro benzene ring substituents is 1. The van der Waals surface area contributed by atoms with Crippen LogP contribution in [0.1, 0.15) is 30.8 Å². The van der Waals surface area contributed by atoms with Gasteiger partial charge >= 0.3 is 5.69 Å². The molecule has 0 saturated carbocycles. The Bertz CT molecular complexity index is 1500. The molecule has 0 fully saturated rings. The second kappa shape index (κ2) is 11.1. The van der Waals surface area contributed by atoms with Crippen molar-refractivity contribution in [2.45, 2.75) is 26.9 Å². The second-order valence-corrected chi connectivity index (χ2v) is 8.65. The Morgan fingerprint density at radius 3 is 2.58 bits per heavy atom. The number of aromatic nitrogens is 2. The Balaban J connectivity index is 1.76. The van der Waals surface area contributed by atoms with E-state index < -0.39 is 4.92 Å². The Morgan fingerprint density at radius 1 is 1.11 bits per heavy atom. The van der Waals surface area contributed by atoms with Gasteiger partial charge < -0.3 is 9.47 Å². The predicted molar refractivity (Wildman–Crippen MR) is 141 cm³/mol. The van der Waals surface area contributed by atoms with Crippen LogP contribution in [-0.4, -0.2) is 27.4 Å². The van der Waals surface area contributed by atoms with Gasteiger partial charge in [-0.05, 0) is 36.8 Å². The number of hydrogen-bond acceptors (Lipinski definition) is 7. The minimum Gasteiger partial charge on any atom is -0.490 e. The summed E-state index contributed by atoms with van der Waals surface area (Å²) in [4.78, 5) is 29.1. The highest BCUT2D eigenvalue weighted by Crippen LogP contribution is 2.38. The van der Waals surface area contributed by atoms with Gasteiger partial charge in [0.05, 0.1) is 28.6 Å².